The predicted octanol–water partition coefficient (Wildman–Crippen LogP) is 1.76. The number of fused-ring (bicyclic) bond motifs is 1. The van der Waals surface area contributed by atoms with E-state index in [1.165, 1.54) is 4.31 Å². The molecule has 5 heteroatoms. The van der Waals surface area contributed by atoms with Crippen molar-refractivity contribution in [3.05, 3.63) is 23.8 Å². The Morgan fingerprint density at radius 1 is 1.41 bits per heavy atom. The van der Waals surface area contributed by atoms with Crippen molar-refractivity contribution in [2.45, 2.75) is 26.2 Å². The lowest BCUT2D eigenvalue weighted by atomic mass is 10.1. The normalized spacial score (nSPS) is 15.0. The molecule has 1 aliphatic rings. The van der Waals surface area contributed by atoms with E-state index in [9.17, 15) is 8.42 Å². The number of nitrogen functional groups attached to an aromatic ring is 1. The van der Waals surface area contributed by atoms with Crippen molar-refractivity contribution in [3.63, 3.8) is 0 Å². The Balaban J connectivity index is 2.27. The van der Waals surface area contributed by atoms with E-state index < -0.39 is 10.0 Å². The number of nitrogens with zero attached hydrogens (tertiary/aromatic N) is 1. The Morgan fingerprint density at radius 3 is 2.88 bits per heavy atom. The first-order valence-corrected chi connectivity index (χ1v) is 7.54. The lowest BCUT2D eigenvalue weighted by molar-refractivity contribution is 0.589. The first kappa shape index (κ1) is 12.2. The smallest absolute Gasteiger partial charge is 0.235 e. The minimum absolute atomic E-state index is 0.229. The highest BCUT2D eigenvalue weighted by Gasteiger charge is 2.28. The van der Waals surface area contributed by atoms with Gasteiger partial charge in [-0.2, -0.15) is 0 Å². The van der Waals surface area contributed by atoms with Crippen LogP contribution in [0.2, 0.25) is 0 Å². The van der Waals surface area contributed by atoms with E-state index in [1.54, 1.807) is 12.1 Å². The molecule has 0 radical (unpaired) electrons. The molecule has 0 atom stereocenters. The molecular formula is C12H18N2O2S. The Kier molecular flexibility index (Phi) is 3.28. The summed E-state index contributed by atoms with van der Waals surface area (Å²) in [5.41, 5.74) is 8.22. The van der Waals surface area contributed by atoms with E-state index in [0.29, 0.717) is 18.7 Å². The molecule has 0 aliphatic carbocycles. The van der Waals surface area contributed by atoms with Crippen molar-refractivity contribution in [1.82, 2.24) is 0 Å². The molecule has 0 saturated heterocycles. The zero-order valence-corrected chi connectivity index (χ0v) is 10.8. The molecule has 0 saturated carbocycles. The van der Waals surface area contributed by atoms with Gasteiger partial charge < -0.3 is 5.73 Å². The molecule has 0 unspecified atom stereocenters. The van der Waals surface area contributed by atoms with Crippen molar-refractivity contribution < 1.29 is 8.42 Å². The first-order chi connectivity index (χ1) is 8.04. The average Bonchev–Trinajstić information content (AvgIpc) is 2.69. The lowest BCUT2D eigenvalue weighted by Crippen LogP contribution is -2.31. The van der Waals surface area contributed by atoms with Crippen LogP contribution in [0.15, 0.2) is 18.2 Å². The van der Waals surface area contributed by atoms with E-state index in [4.69, 9.17) is 5.73 Å². The van der Waals surface area contributed by atoms with E-state index in [1.807, 2.05) is 13.0 Å². The van der Waals surface area contributed by atoms with E-state index in [0.717, 1.165) is 24.1 Å². The molecular weight excluding hydrogens is 236 g/mol. The van der Waals surface area contributed by atoms with Crippen molar-refractivity contribution in [2.24, 2.45) is 0 Å². The monoisotopic (exact) mass is 254 g/mol. The summed E-state index contributed by atoms with van der Waals surface area (Å²) in [4.78, 5) is 0. The molecule has 94 valence electrons. The quantitative estimate of drug-likeness (QED) is 0.833. The van der Waals surface area contributed by atoms with E-state index in [2.05, 4.69) is 0 Å². The van der Waals surface area contributed by atoms with Crippen molar-refractivity contribution in [1.29, 1.82) is 0 Å². The highest BCUT2D eigenvalue weighted by Crippen LogP contribution is 2.32. The van der Waals surface area contributed by atoms with Crippen LogP contribution in [0.3, 0.4) is 0 Å². The van der Waals surface area contributed by atoms with E-state index in [-0.39, 0.29) is 5.75 Å². The molecule has 0 aromatic heterocycles. The zero-order valence-electron chi connectivity index (χ0n) is 10.0. The molecule has 4 nitrogen and oxygen atoms in total. The predicted molar refractivity (Wildman–Crippen MR) is 70.6 cm³/mol. The number of hydrogen-bond acceptors (Lipinski definition) is 3. The van der Waals surface area contributed by atoms with Gasteiger partial charge in [-0.25, -0.2) is 8.42 Å². The van der Waals surface area contributed by atoms with Gasteiger partial charge >= 0.3 is 0 Å². The molecule has 17 heavy (non-hydrogen) atoms. The second-order valence-corrected chi connectivity index (χ2v) is 6.39. The van der Waals surface area contributed by atoms with Gasteiger partial charge in [0.2, 0.25) is 10.0 Å². The first-order valence-electron chi connectivity index (χ1n) is 5.93. The Hall–Kier alpha value is -1.23. The number of hydrogen-bond donors (Lipinski definition) is 1. The fourth-order valence-corrected chi connectivity index (χ4v) is 3.84. The summed E-state index contributed by atoms with van der Waals surface area (Å²) in [6.07, 6.45) is 2.36. The molecule has 2 rings (SSSR count). The highest BCUT2D eigenvalue weighted by atomic mass is 32.2. The number of benzene rings is 1. The van der Waals surface area contributed by atoms with Gasteiger partial charge in [0, 0.05) is 12.2 Å². The van der Waals surface area contributed by atoms with Crippen molar-refractivity contribution >= 4 is 21.4 Å². The van der Waals surface area contributed by atoms with Gasteiger partial charge in [-0.15, -0.1) is 0 Å². The fraction of sp³-hybridized carbons (Fsp3) is 0.500. The number of nitrogens with two attached hydrogens (primary N) is 1. The van der Waals surface area contributed by atoms with Gasteiger partial charge in [0.25, 0.3) is 0 Å². The van der Waals surface area contributed by atoms with Gasteiger partial charge in [0.1, 0.15) is 0 Å². The maximum absolute atomic E-state index is 12.1. The fourth-order valence-electron chi connectivity index (χ4n) is 2.12. The van der Waals surface area contributed by atoms with Crippen molar-refractivity contribution in [2.75, 3.05) is 22.3 Å². The Labute approximate surface area is 102 Å². The zero-order chi connectivity index (χ0) is 12.5. The maximum atomic E-state index is 12.1. The standard InChI is InChI=1S/C12H18N2O2S/c1-2-3-8-17(15,16)14-7-6-10-9-11(13)4-5-12(10)14/h4-5,9H,2-3,6-8,13H2,1H3. The Morgan fingerprint density at radius 2 is 2.18 bits per heavy atom. The Bertz CT molecular complexity index is 511. The van der Waals surface area contributed by atoms with Crippen molar-refractivity contribution in [3.8, 4) is 0 Å². The lowest BCUT2D eigenvalue weighted by Gasteiger charge is -2.19. The molecule has 1 aromatic carbocycles. The van der Waals surface area contributed by atoms with Crippen LogP contribution in [-0.4, -0.2) is 20.7 Å². The minimum Gasteiger partial charge on any atom is -0.399 e. The van der Waals surface area contributed by atoms with Crippen LogP contribution in [0.25, 0.3) is 0 Å². The summed E-state index contributed by atoms with van der Waals surface area (Å²) in [6.45, 7) is 2.54. The second-order valence-electron chi connectivity index (χ2n) is 4.38. The average molecular weight is 254 g/mol. The van der Waals surface area contributed by atoms with Crippen LogP contribution in [0.1, 0.15) is 25.3 Å². The third-order valence-electron chi connectivity index (χ3n) is 3.05. The number of sulfonamides is 1. The van der Waals surface area contributed by atoms with Crippen LogP contribution >= 0.6 is 0 Å². The molecule has 0 spiro atoms. The maximum Gasteiger partial charge on any atom is 0.235 e. The number of anilines is 2. The second kappa shape index (κ2) is 4.56. The minimum atomic E-state index is -3.16. The molecule has 1 heterocycles. The summed E-state index contributed by atoms with van der Waals surface area (Å²) in [7, 11) is -3.16. The molecule has 2 N–H and O–H groups in total. The van der Waals surface area contributed by atoms with Gasteiger partial charge in [0.15, 0.2) is 0 Å². The summed E-state index contributed by atoms with van der Waals surface area (Å²) in [5, 5.41) is 0. The largest absolute Gasteiger partial charge is 0.399 e. The summed E-state index contributed by atoms with van der Waals surface area (Å²) in [6, 6.07) is 5.43. The van der Waals surface area contributed by atoms with Gasteiger partial charge in [-0.05, 0) is 36.6 Å². The van der Waals surface area contributed by atoms with Crippen LogP contribution in [-0.2, 0) is 16.4 Å². The van der Waals surface area contributed by atoms with Crippen LogP contribution in [0.4, 0.5) is 11.4 Å². The number of unbranched alkanes of at least 4 members (excludes halogenated alkanes) is 1. The number of rotatable bonds is 4. The van der Waals surface area contributed by atoms with Crippen LogP contribution in [0, 0.1) is 0 Å². The van der Waals surface area contributed by atoms with Gasteiger partial charge in [-0.3, -0.25) is 4.31 Å². The molecule has 0 bridgehead atoms. The third kappa shape index (κ3) is 2.39. The SMILES string of the molecule is CCCCS(=O)(=O)N1CCc2cc(N)ccc21. The summed E-state index contributed by atoms with van der Waals surface area (Å²) < 4.78 is 25.8. The van der Waals surface area contributed by atoms with Gasteiger partial charge in [-0.1, -0.05) is 13.3 Å². The molecule has 0 fully saturated rings. The molecule has 0 amide bonds. The molecule has 1 aliphatic heterocycles. The summed E-state index contributed by atoms with van der Waals surface area (Å²) in [5.74, 6) is 0.229. The molecule has 1 aromatic rings. The van der Waals surface area contributed by atoms with Crippen LogP contribution in [0.5, 0.6) is 0 Å². The van der Waals surface area contributed by atoms with Crippen LogP contribution < -0.4 is 10.0 Å². The third-order valence-corrected chi connectivity index (χ3v) is 4.90. The topological polar surface area (TPSA) is 63.4 Å². The highest BCUT2D eigenvalue weighted by molar-refractivity contribution is 7.92. The van der Waals surface area contributed by atoms with Gasteiger partial charge in [0.05, 0.1) is 11.4 Å². The van der Waals surface area contributed by atoms with E-state index >= 15 is 0 Å². The summed E-state index contributed by atoms with van der Waals surface area (Å²) >= 11 is 0.